The van der Waals surface area contributed by atoms with Gasteiger partial charge in [0.15, 0.2) is 0 Å². The van der Waals surface area contributed by atoms with Crippen molar-refractivity contribution in [2.24, 2.45) is 0 Å². The van der Waals surface area contributed by atoms with Crippen LogP contribution in [0.15, 0.2) is 36.4 Å². The van der Waals surface area contributed by atoms with Crippen LogP contribution in [0, 0.1) is 0 Å². The van der Waals surface area contributed by atoms with Crippen molar-refractivity contribution in [3.8, 4) is 5.75 Å². The summed E-state index contributed by atoms with van der Waals surface area (Å²) in [6.45, 7) is -0.505. The number of hydrogen-bond acceptors (Lipinski definition) is 4. The molecule has 0 spiro atoms. The fraction of sp³-hybridized carbons (Fsp3) is 0.188. The molecule has 0 aliphatic heterocycles. The maximum absolute atomic E-state index is 12.4. The molecular formula is C16H15Cl3N2O4S. The van der Waals surface area contributed by atoms with Crippen molar-refractivity contribution >= 4 is 62.1 Å². The lowest BCUT2D eigenvalue weighted by Gasteiger charge is -2.23. The highest BCUT2D eigenvalue weighted by Crippen LogP contribution is 2.31. The molecule has 0 fully saturated rings. The Kier molecular flexibility index (Phi) is 6.63. The SMILES string of the molecule is COc1ccc(Cl)cc1NC(=O)CN(c1cc(Cl)ccc1Cl)S(C)(=O)=O. The summed E-state index contributed by atoms with van der Waals surface area (Å²) in [4.78, 5) is 12.4. The predicted molar refractivity (Wildman–Crippen MR) is 105 cm³/mol. The minimum atomic E-state index is -3.80. The van der Waals surface area contributed by atoms with Gasteiger partial charge in [-0.3, -0.25) is 9.10 Å². The van der Waals surface area contributed by atoms with Gasteiger partial charge in [-0.15, -0.1) is 0 Å². The lowest BCUT2D eigenvalue weighted by Crippen LogP contribution is -2.37. The Hall–Kier alpha value is -1.67. The quantitative estimate of drug-likeness (QED) is 0.739. The number of sulfonamides is 1. The first-order valence-corrected chi connectivity index (χ1v) is 10.2. The van der Waals surface area contributed by atoms with Crippen LogP contribution in [0.1, 0.15) is 0 Å². The van der Waals surface area contributed by atoms with E-state index in [1.165, 1.54) is 31.4 Å². The fourth-order valence-corrected chi connectivity index (χ4v) is 3.62. The molecule has 0 bridgehead atoms. The zero-order valence-corrected chi connectivity index (χ0v) is 16.9. The summed E-state index contributed by atoms with van der Waals surface area (Å²) in [5, 5.41) is 3.40. The highest BCUT2D eigenvalue weighted by molar-refractivity contribution is 7.92. The Morgan fingerprint density at radius 2 is 1.73 bits per heavy atom. The van der Waals surface area contributed by atoms with E-state index in [0.29, 0.717) is 16.5 Å². The molecule has 26 heavy (non-hydrogen) atoms. The number of halogens is 3. The van der Waals surface area contributed by atoms with Crippen molar-refractivity contribution in [2.75, 3.05) is 29.5 Å². The van der Waals surface area contributed by atoms with Gasteiger partial charge in [-0.05, 0) is 36.4 Å². The largest absolute Gasteiger partial charge is 0.495 e. The van der Waals surface area contributed by atoms with Crippen molar-refractivity contribution in [3.05, 3.63) is 51.5 Å². The molecule has 0 radical (unpaired) electrons. The summed E-state index contributed by atoms with van der Waals surface area (Å²) in [5.41, 5.74) is 0.422. The van der Waals surface area contributed by atoms with Crippen LogP contribution in [-0.2, 0) is 14.8 Å². The first-order valence-electron chi connectivity index (χ1n) is 7.18. The summed E-state index contributed by atoms with van der Waals surface area (Å²) in [5.74, 6) is -0.221. The standard InChI is InChI=1S/C16H15Cl3N2O4S/c1-25-15-6-4-10(17)7-13(15)20-16(22)9-21(26(2,23)24)14-8-11(18)3-5-12(14)19/h3-8H,9H2,1-2H3,(H,20,22). The Morgan fingerprint density at radius 1 is 1.12 bits per heavy atom. The molecule has 0 atom stereocenters. The van der Waals surface area contributed by atoms with Crippen LogP contribution in [0.25, 0.3) is 0 Å². The normalized spacial score (nSPS) is 11.1. The molecule has 2 aromatic rings. The monoisotopic (exact) mass is 436 g/mol. The third-order valence-corrected chi connectivity index (χ3v) is 5.22. The van der Waals surface area contributed by atoms with E-state index in [2.05, 4.69) is 5.32 Å². The Labute approximate surface area is 166 Å². The molecule has 0 unspecified atom stereocenters. The number of ether oxygens (including phenoxy) is 1. The van der Waals surface area contributed by atoms with Crippen LogP contribution in [0.5, 0.6) is 5.75 Å². The van der Waals surface area contributed by atoms with E-state index in [9.17, 15) is 13.2 Å². The highest BCUT2D eigenvalue weighted by atomic mass is 35.5. The van der Waals surface area contributed by atoms with E-state index in [4.69, 9.17) is 39.5 Å². The number of nitrogens with one attached hydrogen (secondary N) is 1. The number of carbonyl (C=O) groups is 1. The lowest BCUT2D eigenvalue weighted by atomic mass is 10.3. The highest BCUT2D eigenvalue weighted by Gasteiger charge is 2.24. The van der Waals surface area contributed by atoms with E-state index >= 15 is 0 Å². The van der Waals surface area contributed by atoms with Gasteiger partial charge in [-0.1, -0.05) is 34.8 Å². The Balaban J connectivity index is 2.31. The number of rotatable bonds is 6. The Morgan fingerprint density at radius 3 is 2.35 bits per heavy atom. The second kappa shape index (κ2) is 8.35. The molecule has 0 heterocycles. The Bertz CT molecular complexity index is 935. The summed E-state index contributed by atoms with van der Waals surface area (Å²) in [6.07, 6.45) is 0.970. The van der Waals surface area contributed by atoms with E-state index < -0.39 is 22.5 Å². The van der Waals surface area contributed by atoms with Gasteiger partial charge in [-0.25, -0.2) is 8.42 Å². The van der Waals surface area contributed by atoms with Crippen LogP contribution in [0.4, 0.5) is 11.4 Å². The van der Waals surface area contributed by atoms with Crippen molar-refractivity contribution in [1.29, 1.82) is 0 Å². The maximum Gasteiger partial charge on any atom is 0.245 e. The first kappa shape index (κ1) is 20.6. The van der Waals surface area contributed by atoms with Crippen LogP contribution in [-0.4, -0.2) is 34.2 Å². The average Bonchev–Trinajstić information content (AvgIpc) is 2.54. The van der Waals surface area contributed by atoms with Crippen molar-refractivity contribution in [3.63, 3.8) is 0 Å². The fourth-order valence-electron chi connectivity index (χ4n) is 2.16. The zero-order valence-electron chi connectivity index (χ0n) is 13.8. The van der Waals surface area contributed by atoms with Crippen molar-refractivity contribution < 1.29 is 17.9 Å². The molecule has 1 N–H and O–H groups in total. The van der Waals surface area contributed by atoms with Crippen LogP contribution >= 0.6 is 34.8 Å². The topological polar surface area (TPSA) is 75.7 Å². The van der Waals surface area contributed by atoms with E-state index in [-0.39, 0.29) is 15.7 Å². The zero-order chi connectivity index (χ0) is 19.5. The van der Waals surface area contributed by atoms with Gasteiger partial charge < -0.3 is 10.1 Å². The van der Waals surface area contributed by atoms with Gasteiger partial charge in [0.25, 0.3) is 0 Å². The number of nitrogens with zero attached hydrogens (tertiary/aromatic N) is 1. The van der Waals surface area contributed by atoms with Gasteiger partial charge in [0, 0.05) is 10.0 Å². The lowest BCUT2D eigenvalue weighted by molar-refractivity contribution is -0.114. The van der Waals surface area contributed by atoms with Crippen LogP contribution in [0.2, 0.25) is 15.1 Å². The molecule has 0 aliphatic rings. The minimum Gasteiger partial charge on any atom is -0.495 e. The van der Waals surface area contributed by atoms with Gasteiger partial charge in [0.05, 0.1) is 29.8 Å². The molecule has 1 amide bonds. The van der Waals surface area contributed by atoms with Gasteiger partial charge in [0.1, 0.15) is 12.3 Å². The number of methoxy groups -OCH3 is 1. The molecular weight excluding hydrogens is 423 g/mol. The number of amides is 1. The van der Waals surface area contributed by atoms with Gasteiger partial charge in [0.2, 0.25) is 15.9 Å². The molecule has 6 nitrogen and oxygen atoms in total. The number of anilines is 2. The summed E-state index contributed by atoms with van der Waals surface area (Å²) in [7, 11) is -2.36. The second-order valence-electron chi connectivity index (χ2n) is 5.26. The molecule has 0 aliphatic carbocycles. The van der Waals surface area contributed by atoms with E-state index in [1.54, 1.807) is 12.1 Å². The molecule has 0 saturated heterocycles. The smallest absolute Gasteiger partial charge is 0.245 e. The molecule has 0 aromatic heterocycles. The van der Waals surface area contributed by atoms with Crippen LogP contribution < -0.4 is 14.4 Å². The summed E-state index contributed by atoms with van der Waals surface area (Å²) < 4.78 is 30.3. The minimum absolute atomic E-state index is 0.106. The number of hydrogen-bond donors (Lipinski definition) is 1. The summed E-state index contributed by atoms with van der Waals surface area (Å²) in [6, 6.07) is 9.03. The van der Waals surface area contributed by atoms with Gasteiger partial charge in [-0.2, -0.15) is 0 Å². The predicted octanol–water partition coefficient (Wildman–Crippen LogP) is 4.06. The number of carbonyl (C=O) groups excluding carboxylic acids is 1. The molecule has 2 aromatic carbocycles. The van der Waals surface area contributed by atoms with Crippen molar-refractivity contribution in [2.45, 2.75) is 0 Å². The average molecular weight is 438 g/mol. The van der Waals surface area contributed by atoms with E-state index in [1.807, 2.05) is 0 Å². The molecule has 0 saturated carbocycles. The third kappa shape index (κ3) is 5.17. The second-order valence-corrected chi connectivity index (χ2v) is 8.45. The third-order valence-electron chi connectivity index (χ3n) is 3.30. The van der Waals surface area contributed by atoms with E-state index in [0.717, 1.165) is 10.6 Å². The molecule has 10 heteroatoms. The maximum atomic E-state index is 12.4. The van der Waals surface area contributed by atoms with Crippen LogP contribution in [0.3, 0.4) is 0 Å². The number of benzene rings is 2. The van der Waals surface area contributed by atoms with Gasteiger partial charge >= 0.3 is 0 Å². The molecule has 2 rings (SSSR count). The first-order chi connectivity index (χ1) is 12.1. The molecule has 140 valence electrons. The summed E-state index contributed by atoms with van der Waals surface area (Å²) >= 11 is 17.9. The van der Waals surface area contributed by atoms with Crippen molar-refractivity contribution in [1.82, 2.24) is 0 Å².